The van der Waals surface area contributed by atoms with Crippen LogP contribution >= 0.6 is 27.7 Å². The van der Waals surface area contributed by atoms with Crippen LogP contribution in [0.5, 0.6) is 5.75 Å². The van der Waals surface area contributed by atoms with E-state index in [1.54, 1.807) is 6.07 Å². The molecule has 7 nitrogen and oxygen atoms in total. The van der Waals surface area contributed by atoms with Crippen LogP contribution < -0.4 is 5.32 Å². The van der Waals surface area contributed by atoms with Crippen molar-refractivity contribution in [3.63, 3.8) is 0 Å². The van der Waals surface area contributed by atoms with Gasteiger partial charge in [0.25, 0.3) is 0 Å². The van der Waals surface area contributed by atoms with E-state index in [0.29, 0.717) is 5.56 Å². The van der Waals surface area contributed by atoms with Crippen molar-refractivity contribution in [1.29, 1.82) is 0 Å². The van der Waals surface area contributed by atoms with Crippen LogP contribution in [0.25, 0.3) is 0 Å². The molecule has 0 aliphatic carbocycles. The molecule has 110 valence electrons. The molecular weight excluding hydrogens is 362 g/mol. The van der Waals surface area contributed by atoms with Gasteiger partial charge in [-0.15, -0.1) is 5.10 Å². The first-order valence-corrected chi connectivity index (χ1v) is 7.42. The monoisotopic (exact) mass is 371 g/mol. The van der Waals surface area contributed by atoms with Crippen molar-refractivity contribution in [1.82, 2.24) is 5.32 Å². The number of amidine groups is 1. The lowest BCUT2D eigenvalue weighted by atomic mass is 10.2. The molecule has 1 atom stereocenters. The van der Waals surface area contributed by atoms with Gasteiger partial charge >= 0.3 is 5.97 Å². The number of aliphatic carboxylic acids is 1. The van der Waals surface area contributed by atoms with Crippen molar-refractivity contribution < 1.29 is 19.8 Å². The Hall–Kier alpha value is -1.87. The molecule has 0 radical (unpaired) electrons. The van der Waals surface area contributed by atoms with Gasteiger partial charge in [0.05, 0.1) is 12.6 Å². The van der Waals surface area contributed by atoms with Crippen LogP contribution in [0.3, 0.4) is 0 Å². The highest BCUT2D eigenvalue weighted by Gasteiger charge is 2.32. The first-order valence-electron chi connectivity index (χ1n) is 5.74. The maximum atomic E-state index is 11.5. The number of carbonyl (C=O) groups is 2. The zero-order valence-corrected chi connectivity index (χ0v) is 12.9. The number of benzene rings is 1. The lowest BCUT2D eigenvalue weighted by molar-refractivity contribution is -0.138. The molecule has 0 spiro atoms. The first-order chi connectivity index (χ1) is 9.95. The highest BCUT2D eigenvalue weighted by molar-refractivity contribution is 9.10. The van der Waals surface area contributed by atoms with Crippen LogP contribution in [-0.4, -0.2) is 38.7 Å². The third kappa shape index (κ3) is 4.30. The number of carboxylic acid groups (broad SMARTS) is 1. The number of halogens is 1. The zero-order chi connectivity index (χ0) is 15.4. The Morgan fingerprint density at radius 3 is 3.00 bits per heavy atom. The van der Waals surface area contributed by atoms with Gasteiger partial charge in [0.1, 0.15) is 11.0 Å². The van der Waals surface area contributed by atoms with Gasteiger partial charge in [-0.2, -0.15) is 5.10 Å². The van der Waals surface area contributed by atoms with Gasteiger partial charge in [-0.25, -0.2) is 0 Å². The summed E-state index contributed by atoms with van der Waals surface area (Å²) in [5.41, 5.74) is 0.621. The fraction of sp³-hybridized carbons (Fsp3) is 0.167. The predicted molar refractivity (Wildman–Crippen MR) is 82.6 cm³/mol. The molecule has 2 rings (SSSR count). The molecule has 1 saturated heterocycles. The SMILES string of the molecule is O=C(O)CC1SC(=NN=Cc2cc(O)ccc2Br)NC1=O. The van der Waals surface area contributed by atoms with E-state index in [4.69, 9.17) is 5.11 Å². The summed E-state index contributed by atoms with van der Waals surface area (Å²) in [5.74, 6) is -1.34. The number of rotatable bonds is 4. The molecule has 1 aromatic carbocycles. The van der Waals surface area contributed by atoms with Crippen LogP contribution in [0, 0.1) is 0 Å². The summed E-state index contributed by atoms with van der Waals surface area (Å²) in [6, 6.07) is 4.69. The number of carboxylic acids is 1. The number of thioether (sulfide) groups is 1. The Morgan fingerprint density at radius 1 is 1.52 bits per heavy atom. The molecule has 3 N–H and O–H groups in total. The number of phenols is 1. The highest BCUT2D eigenvalue weighted by Crippen LogP contribution is 2.23. The van der Waals surface area contributed by atoms with Gasteiger partial charge in [0.2, 0.25) is 5.91 Å². The van der Waals surface area contributed by atoms with Crippen molar-refractivity contribution in [2.24, 2.45) is 10.2 Å². The molecule has 21 heavy (non-hydrogen) atoms. The summed E-state index contributed by atoms with van der Waals surface area (Å²) in [7, 11) is 0. The smallest absolute Gasteiger partial charge is 0.305 e. The topological polar surface area (TPSA) is 111 Å². The van der Waals surface area contributed by atoms with Crippen LogP contribution in [0.15, 0.2) is 32.9 Å². The van der Waals surface area contributed by atoms with Crippen molar-refractivity contribution >= 4 is 51.0 Å². The second-order valence-electron chi connectivity index (χ2n) is 4.05. The summed E-state index contributed by atoms with van der Waals surface area (Å²) in [6.07, 6.45) is 1.14. The number of nitrogens with one attached hydrogen (secondary N) is 1. The third-order valence-electron chi connectivity index (χ3n) is 2.46. The molecule has 1 amide bonds. The maximum absolute atomic E-state index is 11.5. The van der Waals surface area contributed by atoms with E-state index in [1.165, 1.54) is 18.3 Å². The minimum Gasteiger partial charge on any atom is -0.508 e. The van der Waals surface area contributed by atoms with Gasteiger partial charge in [0.15, 0.2) is 5.17 Å². The first kappa shape index (κ1) is 15.5. The quantitative estimate of drug-likeness (QED) is 0.549. The van der Waals surface area contributed by atoms with Crippen LogP contribution in [0.4, 0.5) is 0 Å². The predicted octanol–water partition coefficient (Wildman–Crippen LogP) is 1.55. The second kappa shape index (κ2) is 6.72. The number of aromatic hydroxyl groups is 1. The molecule has 1 heterocycles. The molecule has 1 unspecified atom stereocenters. The molecule has 1 fully saturated rings. The summed E-state index contributed by atoms with van der Waals surface area (Å²) in [6.45, 7) is 0. The minimum absolute atomic E-state index is 0.0948. The van der Waals surface area contributed by atoms with E-state index < -0.39 is 17.1 Å². The van der Waals surface area contributed by atoms with Crippen molar-refractivity contribution in [2.75, 3.05) is 0 Å². The lowest BCUT2D eigenvalue weighted by Gasteiger charge is -1.98. The molecule has 0 aromatic heterocycles. The number of hydrogen-bond donors (Lipinski definition) is 3. The Morgan fingerprint density at radius 2 is 2.29 bits per heavy atom. The lowest BCUT2D eigenvalue weighted by Crippen LogP contribution is -2.26. The molecule has 0 saturated carbocycles. The Labute approximate surface area is 132 Å². The average molecular weight is 372 g/mol. The van der Waals surface area contributed by atoms with Crippen molar-refractivity contribution in [3.8, 4) is 5.75 Å². The molecule has 0 bridgehead atoms. The summed E-state index contributed by atoms with van der Waals surface area (Å²) < 4.78 is 0.733. The van der Waals surface area contributed by atoms with E-state index >= 15 is 0 Å². The number of hydrogen-bond acceptors (Lipinski definition) is 6. The second-order valence-corrected chi connectivity index (χ2v) is 6.09. The number of amides is 1. The van der Waals surface area contributed by atoms with Gasteiger partial charge in [-0.05, 0) is 18.2 Å². The van der Waals surface area contributed by atoms with Crippen LogP contribution in [0.2, 0.25) is 0 Å². The summed E-state index contributed by atoms with van der Waals surface area (Å²) >= 11 is 4.32. The van der Waals surface area contributed by atoms with Gasteiger partial charge in [-0.1, -0.05) is 27.7 Å². The molecule has 9 heteroatoms. The maximum Gasteiger partial charge on any atom is 0.305 e. The van der Waals surface area contributed by atoms with Gasteiger partial charge in [-0.3, -0.25) is 9.59 Å². The van der Waals surface area contributed by atoms with Gasteiger partial charge < -0.3 is 15.5 Å². The molecule has 1 aromatic rings. The van der Waals surface area contributed by atoms with E-state index in [0.717, 1.165) is 16.2 Å². The molecular formula is C12H10BrN3O4S. The normalized spacial score (nSPS) is 20.1. The van der Waals surface area contributed by atoms with Crippen molar-refractivity contribution in [2.45, 2.75) is 11.7 Å². The fourth-order valence-corrected chi connectivity index (χ4v) is 2.78. The minimum atomic E-state index is -1.05. The van der Waals surface area contributed by atoms with Crippen molar-refractivity contribution in [3.05, 3.63) is 28.2 Å². The third-order valence-corrected chi connectivity index (χ3v) is 4.26. The number of phenolic OH excluding ortho intramolecular Hbond substituents is 1. The van der Waals surface area contributed by atoms with E-state index in [2.05, 4.69) is 31.4 Å². The molecule has 1 aliphatic heterocycles. The Kier molecular flexibility index (Phi) is 4.97. The van der Waals surface area contributed by atoms with Crippen LogP contribution in [0.1, 0.15) is 12.0 Å². The Balaban J connectivity index is 2.05. The summed E-state index contributed by atoms with van der Waals surface area (Å²) in [4.78, 5) is 22.1. The van der Waals surface area contributed by atoms with Gasteiger partial charge in [0, 0.05) is 10.0 Å². The largest absolute Gasteiger partial charge is 0.508 e. The zero-order valence-electron chi connectivity index (χ0n) is 10.5. The van der Waals surface area contributed by atoms with Crippen LogP contribution in [-0.2, 0) is 9.59 Å². The fourth-order valence-electron chi connectivity index (χ4n) is 1.52. The number of nitrogens with zero attached hydrogens (tertiary/aromatic N) is 2. The summed E-state index contributed by atoms with van der Waals surface area (Å²) in [5, 5.41) is 27.7. The Bertz CT molecular complexity index is 647. The standard InChI is InChI=1S/C12H10BrN3O4S/c13-8-2-1-7(17)3-6(8)5-14-16-12-15-11(20)9(21-12)4-10(18)19/h1-3,5,9,17H,4H2,(H,18,19)(H,15,16,20). The van der Waals surface area contributed by atoms with E-state index in [-0.39, 0.29) is 17.3 Å². The van der Waals surface area contributed by atoms with E-state index in [9.17, 15) is 14.7 Å². The average Bonchev–Trinajstić information content (AvgIpc) is 2.73. The molecule has 1 aliphatic rings. The van der Waals surface area contributed by atoms with E-state index in [1.807, 2.05) is 0 Å². The number of carbonyl (C=O) groups excluding carboxylic acids is 1. The highest BCUT2D eigenvalue weighted by atomic mass is 79.9.